The van der Waals surface area contributed by atoms with E-state index in [-0.39, 0.29) is 6.03 Å². The van der Waals surface area contributed by atoms with Gasteiger partial charge in [0, 0.05) is 44.5 Å². The van der Waals surface area contributed by atoms with E-state index in [1.54, 1.807) is 0 Å². The van der Waals surface area contributed by atoms with Crippen LogP contribution in [0.25, 0.3) is 0 Å². The van der Waals surface area contributed by atoms with Crippen molar-refractivity contribution < 1.29 is 4.79 Å². The van der Waals surface area contributed by atoms with Gasteiger partial charge in [-0.15, -0.1) is 0 Å². The summed E-state index contributed by atoms with van der Waals surface area (Å²) in [6.07, 6.45) is 0. The quantitative estimate of drug-likeness (QED) is 0.869. The number of urea groups is 1. The number of nitrogens with one attached hydrogen (secondary N) is 2. The second kappa shape index (κ2) is 8.83. The monoisotopic (exact) mass is 352 g/mol. The molecule has 1 saturated heterocycles. The van der Waals surface area contributed by atoms with Gasteiger partial charge in [0.25, 0.3) is 0 Å². The molecular weight excluding hydrogens is 324 g/mol. The Balaban J connectivity index is 1.50. The molecule has 0 saturated carbocycles. The minimum atomic E-state index is -0.153. The fourth-order valence-corrected chi connectivity index (χ4v) is 3.34. The number of likely N-dealkylation sites (N-methyl/N-ethyl adjacent to an activating group) is 1. The number of anilines is 1. The van der Waals surface area contributed by atoms with Gasteiger partial charge < -0.3 is 15.5 Å². The van der Waals surface area contributed by atoms with Crippen molar-refractivity contribution >= 4 is 11.7 Å². The highest BCUT2D eigenvalue weighted by Crippen LogP contribution is 2.24. The Morgan fingerprint density at radius 1 is 1.08 bits per heavy atom. The molecule has 3 rings (SSSR count). The van der Waals surface area contributed by atoms with E-state index in [4.69, 9.17) is 0 Å². The number of carbonyl (C=O) groups excluding carboxylic acids is 1. The fourth-order valence-electron chi connectivity index (χ4n) is 3.34. The van der Waals surface area contributed by atoms with Crippen molar-refractivity contribution in [3.63, 3.8) is 0 Å². The number of piperazine rings is 1. The Morgan fingerprint density at radius 3 is 2.54 bits per heavy atom. The van der Waals surface area contributed by atoms with Gasteiger partial charge in [-0.2, -0.15) is 0 Å². The van der Waals surface area contributed by atoms with E-state index < -0.39 is 0 Å². The minimum Gasteiger partial charge on any atom is -0.337 e. The molecule has 1 atom stereocenters. The zero-order valence-corrected chi connectivity index (χ0v) is 15.6. The number of benzene rings is 2. The van der Waals surface area contributed by atoms with Crippen molar-refractivity contribution in [1.82, 2.24) is 15.1 Å². The Morgan fingerprint density at radius 2 is 1.81 bits per heavy atom. The molecule has 1 fully saturated rings. The molecule has 1 aliphatic heterocycles. The highest BCUT2D eigenvalue weighted by atomic mass is 16.2. The van der Waals surface area contributed by atoms with Crippen LogP contribution in [0.3, 0.4) is 0 Å². The van der Waals surface area contributed by atoms with Gasteiger partial charge in [0.05, 0.1) is 0 Å². The number of hydrogen-bond acceptors (Lipinski definition) is 3. The summed E-state index contributed by atoms with van der Waals surface area (Å²) in [6.45, 7) is 6.58. The van der Waals surface area contributed by atoms with Crippen molar-refractivity contribution in [2.24, 2.45) is 0 Å². The maximum absolute atomic E-state index is 12.1. The summed E-state index contributed by atoms with van der Waals surface area (Å²) in [4.78, 5) is 16.9. The van der Waals surface area contributed by atoms with Crippen LogP contribution in [-0.2, 0) is 0 Å². The second-order valence-corrected chi connectivity index (χ2v) is 6.97. The lowest BCUT2D eigenvalue weighted by Gasteiger charge is -2.40. The lowest BCUT2D eigenvalue weighted by Crippen LogP contribution is -2.49. The normalized spacial score (nSPS) is 18.5. The first kappa shape index (κ1) is 18.4. The largest absolute Gasteiger partial charge is 0.337 e. The zero-order chi connectivity index (χ0) is 18.4. The number of hydrogen-bond donors (Lipinski definition) is 2. The average Bonchev–Trinajstić information content (AvgIpc) is 2.65. The van der Waals surface area contributed by atoms with E-state index in [0.717, 1.165) is 31.9 Å². The van der Waals surface area contributed by atoms with Gasteiger partial charge in [0.2, 0.25) is 0 Å². The molecule has 0 spiro atoms. The van der Waals surface area contributed by atoms with Gasteiger partial charge in [0.15, 0.2) is 0 Å². The first-order valence-electron chi connectivity index (χ1n) is 9.21. The number of nitrogens with zero attached hydrogens (tertiary/aromatic N) is 2. The fraction of sp³-hybridized carbons (Fsp3) is 0.381. The molecule has 0 bridgehead atoms. The second-order valence-electron chi connectivity index (χ2n) is 6.97. The molecule has 0 aromatic heterocycles. The van der Waals surface area contributed by atoms with Crippen LogP contribution in [0.1, 0.15) is 17.2 Å². The van der Waals surface area contributed by atoms with Crippen molar-refractivity contribution in [2.45, 2.75) is 13.0 Å². The van der Waals surface area contributed by atoms with Gasteiger partial charge >= 0.3 is 6.03 Å². The Bertz CT molecular complexity index is 702. The SMILES string of the molecule is Cc1ccc(NC(=O)NCCN2CCN(C)CC2c2ccccc2)cc1. The Kier molecular flexibility index (Phi) is 6.26. The Labute approximate surface area is 156 Å². The van der Waals surface area contributed by atoms with Crippen LogP contribution in [0.4, 0.5) is 10.5 Å². The number of carbonyl (C=O) groups is 1. The summed E-state index contributed by atoms with van der Waals surface area (Å²) < 4.78 is 0. The molecule has 2 aromatic carbocycles. The average molecular weight is 352 g/mol. The van der Waals surface area contributed by atoms with Gasteiger partial charge in [-0.1, -0.05) is 48.0 Å². The van der Waals surface area contributed by atoms with Crippen LogP contribution in [-0.4, -0.2) is 55.6 Å². The van der Waals surface area contributed by atoms with Crippen LogP contribution in [0.2, 0.25) is 0 Å². The number of aryl methyl sites for hydroxylation is 1. The summed E-state index contributed by atoms with van der Waals surface area (Å²) in [5.41, 5.74) is 3.33. The van der Waals surface area contributed by atoms with Crippen LogP contribution < -0.4 is 10.6 Å². The molecule has 1 aliphatic rings. The maximum Gasteiger partial charge on any atom is 0.319 e. The summed E-state index contributed by atoms with van der Waals surface area (Å²) in [5, 5.41) is 5.85. The van der Waals surface area contributed by atoms with Crippen molar-refractivity contribution in [2.75, 3.05) is 45.1 Å². The lowest BCUT2D eigenvalue weighted by atomic mass is 10.0. The van der Waals surface area contributed by atoms with E-state index in [1.165, 1.54) is 11.1 Å². The molecule has 0 radical (unpaired) electrons. The lowest BCUT2D eigenvalue weighted by molar-refractivity contribution is 0.0913. The molecular formula is C21H28N4O. The summed E-state index contributed by atoms with van der Waals surface area (Å²) in [6, 6.07) is 18.7. The van der Waals surface area contributed by atoms with Crippen LogP contribution in [0.15, 0.2) is 54.6 Å². The van der Waals surface area contributed by atoms with Gasteiger partial charge in [-0.3, -0.25) is 4.90 Å². The number of amides is 2. The van der Waals surface area contributed by atoms with Crippen molar-refractivity contribution in [1.29, 1.82) is 0 Å². The van der Waals surface area contributed by atoms with E-state index in [9.17, 15) is 4.79 Å². The van der Waals surface area contributed by atoms with Crippen LogP contribution >= 0.6 is 0 Å². The van der Waals surface area contributed by atoms with E-state index in [2.05, 4.69) is 57.8 Å². The van der Waals surface area contributed by atoms with E-state index in [0.29, 0.717) is 12.6 Å². The highest BCUT2D eigenvalue weighted by Gasteiger charge is 2.26. The molecule has 2 aromatic rings. The molecule has 2 N–H and O–H groups in total. The van der Waals surface area contributed by atoms with Crippen LogP contribution in [0.5, 0.6) is 0 Å². The minimum absolute atomic E-state index is 0.153. The molecule has 5 heteroatoms. The molecule has 5 nitrogen and oxygen atoms in total. The standard InChI is InChI=1S/C21H28N4O/c1-17-8-10-19(11-9-17)23-21(26)22-12-13-25-15-14-24(2)16-20(25)18-6-4-3-5-7-18/h3-11,20H,12-16H2,1-2H3,(H2,22,23,26). The van der Waals surface area contributed by atoms with Crippen molar-refractivity contribution in [3.8, 4) is 0 Å². The van der Waals surface area contributed by atoms with Gasteiger partial charge in [-0.25, -0.2) is 4.79 Å². The predicted molar refractivity (Wildman–Crippen MR) is 106 cm³/mol. The van der Waals surface area contributed by atoms with Gasteiger partial charge in [0.1, 0.15) is 0 Å². The smallest absolute Gasteiger partial charge is 0.319 e. The summed E-state index contributed by atoms with van der Waals surface area (Å²) in [5.74, 6) is 0. The molecule has 2 amide bonds. The van der Waals surface area contributed by atoms with Crippen molar-refractivity contribution in [3.05, 3.63) is 65.7 Å². The summed E-state index contributed by atoms with van der Waals surface area (Å²) >= 11 is 0. The molecule has 0 aliphatic carbocycles. The molecule has 138 valence electrons. The Hall–Kier alpha value is -2.37. The van der Waals surface area contributed by atoms with E-state index >= 15 is 0 Å². The van der Waals surface area contributed by atoms with E-state index in [1.807, 2.05) is 31.2 Å². The maximum atomic E-state index is 12.1. The first-order valence-corrected chi connectivity index (χ1v) is 9.21. The molecule has 1 unspecified atom stereocenters. The third kappa shape index (κ3) is 5.07. The third-order valence-corrected chi connectivity index (χ3v) is 4.87. The van der Waals surface area contributed by atoms with Gasteiger partial charge in [-0.05, 0) is 31.7 Å². The summed E-state index contributed by atoms with van der Waals surface area (Å²) in [7, 11) is 2.17. The first-order chi connectivity index (χ1) is 12.6. The highest BCUT2D eigenvalue weighted by molar-refractivity contribution is 5.89. The zero-order valence-electron chi connectivity index (χ0n) is 15.6. The molecule has 26 heavy (non-hydrogen) atoms. The third-order valence-electron chi connectivity index (χ3n) is 4.87. The topological polar surface area (TPSA) is 47.6 Å². The number of rotatable bonds is 5. The van der Waals surface area contributed by atoms with Crippen LogP contribution in [0, 0.1) is 6.92 Å². The molecule has 1 heterocycles. The predicted octanol–water partition coefficient (Wildman–Crippen LogP) is 3.11.